The van der Waals surface area contributed by atoms with Crippen LogP contribution in [0.2, 0.25) is 5.02 Å². The Bertz CT molecular complexity index is 640. The summed E-state index contributed by atoms with van der Waals surface area (Å²) >= 11 is 10.3. The highest BCUT2D eigenvalue weighted by atomic mass is 35.5. The van der Waals surface area contributed by atoms with Gasteiger partial charge in [0.1, 0.15) is 0 Å². The third-order valence-electron chi connectivity index (χ3n) is 2.98. The molecule has 0 saturated carbocycles. The maximum absolute atomic E-state index is 12.3. The molecule has 19 heavy (non-hydrogen) atoms. The fourth-order valence-electron chi connectivity index (χ4n) is 1.79. The number of amides is 1. The lowest BCUT2D eigenvalue weighted by Gasteiger charge is -2.11. The first kappa shape index (κ1) is 14.0. The molecule has 4 heteroatoms. The molecule has 2 aromatic carbocycles. The fourth-order valence-corrected chi connectivity index (χ4v) is 2.17. The van der Waals surface area contributed by atoms with Gasteiger partial charge in [-0.25, -0.2) is 0 Å². The van der Waals surface area contributed by atoms with E-state index >= 15 is 0 Å². The van der Waals surface area contributed by atoms with Gasteiger partial charge in [0.25, 0.3) is 5.91 Å². The normalized spacial score (nSPS) is 10.3. The Labute approximate surface area is 123 Å². The van der Waals surface area contributed by atoms with Crippen molar-refractivity contribution in [3.05, 3.63) is 58.1 Å². The van der Waals surface area contributed by atoms with Crippen molar-refractivity contribution in [2.75, 3.05) is 5.32 Å². The Morgan fingerprint density at radius 1 is 1.21 bits per heavy atom. The van der Waals surface area contributed by atoms with Gasteiger partial charge < -0.3 is 5.32 Å². The van der Waals surface area contributed by atoms with Gasteiger partial charge in [-0.1, -0.05) is 23.7 Å². The van der Waals surface area contributed by atoms with E-state index in [-0.39, 0.29) is 5.91 Å². The molecule has 2 nitrogen and oxygen atoms in total. The van der Waals surface area contributed by atoms with E-state index < -0.39 is 0 Å². The molecule has 0 aliphatic rings. The second kappa shape index (κ2) is 5.68. The molecule has 0 atom stereocenters. The van der Waals surface area contributed by atoms with E-state index in [1.807, 2.05) is 38.1 Å². The molecule has 0 bridgehead atoms. The quantitative estimate of drug-likeness (QED) is 0.784. The van der Waals surface area contributed by atoms with Crippen molar-refractivity contribution in [3.63, 3.8) is 0 Å². The van der Waals surface area contributed by atoms with Crippen LogP contribution in [-0.4, -0.2) is 5.91 Å². The zero-order valence-corrected chi connectivity index (χ0v) is 12.3. The lowest BCUT2D eigenvalue weighted by atomic mass is 10.1. The van der Waals surface area contributed by atoms with Gasteiger partial charge in [0.05, 0.1) is 0 Å². The number of nitrogens with one attached hydrogen (secondary N) is 1. The monoisotopic (exact) mass is 291 g/mol. The number of rotatable bonds is 2. The lowest BCUT2D eigenvalue weighted by Crippen LogP contribution is -2.14. The molecule has 0 spiro atoms. The van der Waals surface area contributed by atoms with Crippen LogP contribution in [0.4, 0.5) is 5.69 Å². The van der Waals surface area contributed by atoms with Crippen LogP contribution in [0.1, 0.15) is 21.5 Å². The van der Waals surface area contributed by atoms with Crippen LogP contribution in [0.3, 0.4) is 0 Å². The molecule has 0 radical (unpaired) electrons. The lowest BCUT2D eigenvalue weighted by molar-refractivity contribution is 0.102. The molecule has 0 fully saturated rings. The van der Waals surface area contributed by atoms with Gasteiger partial charge in [0, 0.05) is 21.2 Å². The Morgan fingerprint density at radius 2 is 1.95 bits per heavy atom. The average Bonchev–Trinajstić information content (AvgIpc) is 2.38. The smallest absolute Gasteiger partial charge is 0.255 e. The number of benzene rings is 2. The van der Waals surface area contributed by atoms with E-state index in [2.05, 4.69) is 17.9 Å². The van der Waals surface area contributed by atoms with Gasteiger partial charge in [0.15, 0.2) is 0 Å². The van der Waals surface area contributed by atoms with E-state index in [4.69, 9.17) is 11.6 Å². The van der Waals surface area contributed by atoms with Crippen LogP contribution in [0, 0.1) is 13.8 Å². The van der Waals surface area contributed by atoms with Crippen LogP contribution < -0.4 is 5.32 Å². The summed E-state index contributed by atoms with van der Waals surface area (Å²) in [5, 5.41) is 3.51. The van der Waals surface area contributed by atoms with Gasteiger partial charge in [-0.05, 0) is 49.2 Å². The highest BCUT2D eigenvalue weighted by molar-refractivity contribution is 7.80. The molecule has 98 valence electrons. The zero-order valence-electron chi connectivity index (χ0n) is 10.7. The number of halogens is 1. The minimum Gasteiger partial charge on any atom is -0.322 e. The maximum atomic E-state index is 12.3. The Balaban J connectivity index is 2.31. The van der Waals surface area contributed by atoms with E-state index in [1.54, 1.807) is 12.1 Å². The summed E-state index contributed by atoms with van der Waals surface area (Å²) in [5.74, 6) is -0.154. The molecule has 0 aliphatic carbocycles. The van der Waals surface area contributed by atoms with Gasteiger partial charge in [0.2, 0.25) is 0 Å². The van der Waals surface area contributed by atoms with Gasteiger partial charge in [-0.2, -0.15) is 0 Å². The van der Waals surface area contributed by atoms with Crippen molar-refractivity contribution in [3.8, 4) is 0 Å². The topological polar surface area (TPSA) is 29.1 Å². The summed E-state index contributed by atoms with van der Waals surface area (Å²) < 4.78 is 0. The van der Waals surface area contributed by atoms with Crippen molar-refractivity contribution in [2.24, 2.45) is 0 Å². The number of hydrogen-bond donors (Lipinski definition) is 2. The molecular formula is C15H14ClNOS. The third kappa shape index (κ3) is 3.11. The summed E-state index contributed by atoms with van der Waals surface area (Å²) in [6.45, 7) is 3.77. The number of carbonyl (C=O) groups is 1. The number of aryl methyl sites for hydroxylation is 1. The van der Waals surface area contributed by atoms with E-state index in [9.17, 15) is 4.79 Å². The van der Waals surface area contributed by atoms with E-state index in [0.29, 0.717) is 10.6 Å². The second-order valence-corrected chi connectivity index (χ2v) is 5.29. The molecule has 0 heterocycles. The summed E-state index contributed by atoms with van der Waals surface area (Å²) in [5.41, 5.74) is 3.11. The van der Waals surface area contributed by atoms with Crippen LogP contribution in [0.5, 0.6) is 0 Å². The highest BCUT2D eigenvalue weighted by Gasteiger charge is 2.11. The fraction of sp³-hybridized carbons (Fsp3) is 0.133. The first-order chi connectivity index (χ1) is 8.99. The van der Waals surface area contributed by atoms with Crippen molar-refractivity contribution < 1.29 is 4.79 Å². The van der Waals surface area contributed by atoms with E-state index in [0.717, 1.165) is 21.7 Å². The SMILES string of the molecule is Cc1ccc(S)cc1C(=O)Nc1cccc(Cl)c1C. The number of thiol groups is 1. The molecule has 2 rings (SSSR count). The molecule has 0 saturated heterocycles. The molecule has 0 aromatic heterocycles. The standard InChI is InChI=1S/C15H14ClNOS/c1-9-6-7-11(19)8-12(9)15(18)17-14-5-3-4-13(16)10(14)2/h3-8,19H,1-2H3,(H,17,18). The highest BCUT2D eigenvalue weighted by Crippen LogP contribution is 2.24. The molecule has 1 N–H and O–H groups in total. The van der Waals surface area contributed by atoms with Crippen LogP contribution in [0.15, 0.2) is 41.3 Å². The first-order valence-electron chi connectivity index (χ1n) is 5.85. The zero-order chi connectivity index (χ0) is 14.0. The predicted octanol–water partition coefficient (Wildman–Crippen LogP) is 4.50. The Hall–Kier alpha value is -1.45. The van der Waals surface area contributed by atoms with Crippen LogP contribution in [-0.2, 0) is 0 Å². The second-order valence-electron chi connectivity index (χ2n) is 4.37. The third-order valence-corrected chi connectivity index (χ3v) is 3.67. The summed E-state index contributed by atoms with van der Waals surface area (Å²) in [6, 6.07) is 10.9. The van der Waals surface area contributed by atoms with Crippen LogP contribution >= 0.6 is 24.2 Å². The molecule has 0 aliphatic heterocycles. The van der Waals surface area contributed by atoms with Crippen molar-refractivity contribution in [1.82, 2.24) is 0 Å². The summed E-state index contributed by atoms with van der Waals surface area (Å²) in [6.07, 6.45) is 0. The molecule has 0 unspecified atom stereocenters. The Morgan fingerprint density at radius 3 is 2.68 bits per heavy atom. The van der Waals surface area contributed by atoms with Crippen molar-refractivity contribution in [2.45, 2.75) is 18.7 Å². The molecular weight excluding hydrogens is 278 g/mol. The molecule has 2 aromatic rings. The number of anilines is 1. The first-order valence-corrected chi connectivity index (χ1v) is 6.67. The number of carbonyl (C=O) groups excluding carboxylic acids is 1. The maximum Gasteiger partial charge on any atom is 0.255 e. The van der Waals surface area contributed by atoms with Crippen molar-refractivity contribution >= 4 is 35.8 Å². The predicted molar refractivity (Wildman–Crippen MR) is 82.6 cm³/mol. The summed E-state index contributed by atoms with van der Waals surface area (Å²) in [4.78, 5) is 13.0. The average molecular weight is 292 g/mol. The minimum absolute atomic E-state index is 0.154. The Kier molecular flexibility index (Phi) is 4.17. The minimum atomic E-state index is -0.154. The van der Waals surface area contributed by atoms with Crippen LogP contribution in [0.25, 0.3) is 0 Å². The number of hydrogen-bond acceptors (Lipinski definition) is 2. The van der Waals surface area contributed by atoms with Gasteiger partial charge in [-0.15, -0.1) is 12.6 Å². The van der Waals surface area contributed by atoms with E-state index in [1.165, 1.54) is 0 Å². The van der Waals surface area contributed by atoms with Gasteiger partial charge >= 0.3 is 0 Å². The largest absolute Gasteiger partial charge is 0.322 e. The molecule has 1 amide bonds. The van der Waals surface area contributed by atoms with Gasteiger partial charge in [-0.3, -0.25) is 4.79 Å². The van der Waals surface area contributed by atoms with Crippen molar-refractivity contribution in [1.29, 1.82) is 0 Å². The summed E-state index contributed by atoms with van der Waals surface area (Å²) in [7, 11) is 0.